The van der Waals surface area contributed by atoms with Crippen LogP contribution in [0.25, 0.3) is 0 Å². The van der Waals surface area contributed by atoms with E-state index in [1.54, 1.807) is 0 Å². The third-order valence-electron chi connectivity index (χ3n) is 4.65. The first-order valence-electron chi connectivity index (χ1n) is 7.38. The van der Waals surface area contributed by atoms with Crippen molar-refractivity contribution in [2.45, 2.75) is 58.2 Å². The summed E-state index contributed by atoms with van der Waals surface area (Å²) < 4.78 is 2.10. The molecule has 2 atom stereocenters. The summed E-state index contributed by atoms with van der Waals surface area (Å²) in [5.74, 6) is 5.86. The number of imidazole rings is 1. The highest BCUT2D eigenvalue weighted by Crippen LogP contribution is 2.35. The lowest BCUT2D eigenvalue weighted by Crippen LogP contribution is -2.55. The molecule has 1 aromatic rings. The van der Waals surface area contributed by atoms with Gasteiger partial charge in [-0.25, -0.2) is 10.4 Å². The molecule has 19 heavy (non-hydrogen) atoms. The van der Waals surface area contributed by atoms with Crippen molar-refractivity contribution >= 4 is 0 Å². The molecule has 1 saturated heterocycles. The molecule has 0 radical (unpaired) electrons. The second kappa shape index (κ2) is 6.03. The quantitative estimate of drug-likeness (QED) is 0.607. The molecule has 0 amide bonds. The number of hydrogen-bond acceptors (Lipinski definition) is 4. The Bertz CT molecular complexity index is 396. The van der Waals surface area contributed by atoms with Crippen LogP contribution >= 0.6 is 0 Å². The van der Waals surface area contributed by atoms with Crippen molar-refractivity contribution in [3.63, 3.8) is 0 Å². The van der Waals surface area contributed by atoms with E-state index in [9.17, 15) is 0 Å². The van der Waals surface area contributed by atoms with Gasteiger partial charge in [0, 0.05) is 18.3 Å². The SMILES string of the molecule is CCn1cnc(C(NN)C(C)(CC)N2CCCC2)c1. The lowest BCUT2D eigenvalue weighted by atomic mass is 9.86. The van der Waals surface area contributed by atoms with E-state index in [-0.39, 0.29) is 11.6 Å². The monoisotopic (exact) mass is 265 g/mol. The Morgan fingerprint density at radius 3 is 2.58 bits per heavy atom. The van der Waals surface area contributed by atoms with E-state index < -0.39 is 0 Å². The van der Waals surface area contributed by atoms with E-state index in [0.29, 0.717) is 0 Å². The molecular formula is C14H27N5. The van der Waals surface area contributed by atoms with Gasteiger partial charge >= 0.3 is 0 Å². The molecule has 0 aliphatic carbocycles. The number of hydrazine groups is 1. The Kier molecular flexibility index (Phi) is 4.60. The minimum absolute atomic E-state index is 0.0260. The molecule has 3 N–H and O–H groups in total. The van der Waals surface area contributed by atoms with Crippen LogP contribution in [0, 0.1) is 0 Å². The molecule has 5 heteroatoms. The molecule has 1 fully saturated rings. The highest BCUT2D eigenvalue weighted by molar-refractivity contribution is 5.12. The highest BCUT2D eigenvalue weighted by Gasteiger charge is 2.40. The molecule has 108 valence electrons. The number of aryl methyl sites for hydroxylation is 1. The minimum atomic E-state index is 0.0260. The molecule has 1 aliphatic rings. The van der Waals surface area contributed by atoms with Crippen LogP contribution in [0.1, 0.15) is 51.8 Å². The van der Waals surface area contributed by atoms with Crippen molar-refractivity contribution in [1.82, 2.24) is 19.9 Å². The Morgan fingerprint density at radius 1 is 1.42 bits per heavy atom. The van der Waals surface area contributed by atoms with Crippen molar-refractivity contribution in [1.29, 1.82) is 0 Å². The van der Waals surface area contributed by atoms with Gasteiger partial charge in [-0.2, -0.15) is 0 Å². The zero-order valence-electron chi connectivity index (χ0n) is 12.4. The maximum absolute atomic E-state index is 5.86. The predicted molar refractivity (Wildman–Crippen MR) is 77.5 cm³/mol. The van der Waals surface area contributed by atoms with E-state index in [0.717, 1.165) is 31.7 Å². The van der Waals surface area contributed by atoms with Gasteiger partial charge in [-0.15, -0.1) is 0 Å². The van der Waals surface area contributed by atoms with Crippen LogP contribution < -0.4 is 11.3 Å². The van der Waals surface area contributed by atoms with Crippen LogP contribution in [-0.4, -0.2) is 33.1 Å². The molecular weight excluding hydrogens is 238 g/mol. The first-order chi connectivity index (χ1) is 9.15. The Morgan fingerprint density at radius 2 is 2.11 bits per heavy atom. The fourth-order valence-electron chi connectivity index (χ4n) is 3.12. The fraction of sp³-hybridized carbons (Fsp3) is 0.786. The lowest BCUT2D eigenvalue weighted by Gasteiger charge is -2.43. The van der Waals surface area contributed by atoms with E-state index in [4.69, 9.17) is 5.84 Å². The van der Waals surface area contributed by atoms with Crippen LogP contribution in [0.15, 0.2) is 12.5 Å². The Balaban J connectivity index is 2.26. The molecule has 0 bridgehead atoms. The standard InChI is InChI=1S/C14H27N5/c1-4-14(3,19-8-6-7-9-19)13(17-15)12-10-18(5-2)11-16-12/h10-11,13,17H,4-9,15H2,1-3H3. The van der Waals surface area contributed by atoms with E-state index >= 15 is 0 Å². The molecule has 2 heterocycles. The van der Waals surface area contributed by atoms with E-state index in [1.807, 2.05) is 6.33 Å². The van der Waals surface area contributed by atoms with Gasteiger partial charge < -0.3 is 4.57 Å². The first-order valence-corrected chi connectivity index (χ1v) is 7.38. The van der Waals surface area contributed by atoms with Gasteiger partial charge in [0.25, 0.3) is 0 Å². The predicted octanol–water partition coefficient (Wildman–Crippen LogP) is 1.67. The Hall–Kier alpha value is -0.910. The Labute approximate surface area is 116 Å². The van der Waals surface area contributed by atoms with E-state index in [1.165, 1.54) is 12.8 Å². The molecule has 2 unspecified atom stereocenters. The zero-order valence-corrected chi connectivity index (χ0v) is 12.4. The maximum Gasteiger partial charge on any atom is 0.0950 e. The van der Waals surface area contributed by atoms with Crippen molar-refractivity contribution in [3.05, 3.63) is 18.2 Å². The topological polar surface area (TPSA) is 59.1 Å². The number of rotatable bonds is 6. The largest absolute Gasteiger partial charge is 0.337 e. The number of nitrogens with one attached hydrogen (secondary N) is 1. The molecule has 1 aliphatic heterocycles. The number of nitrogens with two attached hydrogens (primary N) is 1. The van der Waals surface area contributed by atoms with Crippen molar-refractivity contribution in [3.8, 4) is 0 Å². The van der Waals surface area contributed by atoms with Crippen molar-refractivity contribution in [2.75, 3.05) is 13.1 Å². The molecule has 1 aromatic heterocycles. The molecule has 0 saturated carbocycles. The minimum Gasteiger partial charge on any atom is -0.337 e. The van der Waals surface area contributed by atoms with Gasteiger partial charge in [0.2, 0.25) is 0 Å². The summed E-state index contributed by atoms with van der Waals surface area (Å²) in [7, 11) is 0. The lowest BCUT2D eigenvalue weighted by molar-refractivity contribution is 0.0824. The average Bonchev–Trinajstić information content (AvgIpc) is 3.10. The van der Waals surface area contributed by atoms with Crippen LogP contribution in [0.5, 0.6) is 0 Å². The highest BCUT2D eigenvalue weighted by atomic mass is 15.3. The summed E-state index contributed by atoms with van der Waals surface area (Å²) >= 11 is 0. The van der Waals surface area contributed by atoms with Gasteiger partial charge in [0.1, 0.15) is 0 Å². The number of nitrogens with zero attached hydrogens (tertiary/aromatic N) is 3. The smallest absolute Gasteiger partial charge is 0.0950 e. The average molecular weight is 265 g/mol. The van der Waals surface area contributed by atoms with Gasteiger partial charge in [-0.05, 0) is 46.2 Å². The first kappa shape index (κ1) is 14.5. The number of aromatic nitrogens is 2. The summed E-state index contributed by atoms with van der Waals surface area (Å²) in [6.07, 6.45) is 7.63. The van der Waals surface area contributed by atoms with Gasteiger partial charge in [-0.1, -0.05) is 6.92 Å². The maximum atomic E-state index is 5.86. The number of likely N-dealkylation sites (tertiary alicyclic amines) is 1. The fourth-order valence-corrected chi connectivity index (χ4v) is 3.12. The third kappa shape index (κ3) is 2.68. The van der Waals surface area contributed by atoms with Crippen LogP contribution in [0.3, 0.4) is 0 Å². The summed E-state index contributed by atoms with van der Waals surface area (Å²) in [6, 6.07) is 0.0726. The summed E-state index contributed by atoms with van der Waals surface area (Å²) in [5.41, 5.74) is 4.07. The van der Waals surface area contributed by atoms with Crippen LogP contribution in [0.2, 0.25) is 0 Å². The molecule has 2 rings (SSSR count). The zero-order chi connectivity index (χ0) is 13.9. The van der Waals surface area contributed by atoms with E-state index in [2.05, 4.69) is 46.8 Å². The number of hydrogen-bond donors (Lipinski definition) is 2. The van der Waals surface area contributed by atoms with Gasteiger partial charge in [0.15, 0.2) is 0 Å². The molecule has 5 nitrogen and oxygen atoms in total. The summed E-state index contributed by atoms with van der Waals surface area (Å²) in [5, 5.41) is 0. The van der Waals surface area contributed by atoms with Crippen LogP contribution in [0.4, 0.5) is 0 Å². The van der Waals surface area contributed by atoms with Crippen molar-refractivity contribution in [2.24, 2.45) is 5.84 Å². The second-order valence-corrected chi connectivity index (χ2v) is 5.63. The summed E-state index contributed by atoms with van der Waals surface area (Å²) in [6.45, 7) is 9.92. The summed E-state index contributed by atoms with van der Waals surface area (Å²) in [4.78, 5) is 7.10. The van der Waals surface area contributed by atoms with Crippen molar-refractivity contribution < 1.29 is 0 Å². The van der Waals surface area contributed by atoms with Gasteiger partial charge in [-0.3, -0.25) is 10.7 Å². The van der Waals surface area contributed by atoms with Gasteiger partial charge in [0.05, 0.1) is 18.1 Å². The second-order valence-electron chi connectivity index (χ2n) is 5.63. The molecule has 0 aromatic carbocycles. The molecule has 0 spiro atoms. The van der Waals surface area contributed by atoms with Crippen LogP contribution in [-0.2, 0) is 6.54 Å². The third-order valence-corrected chi connectivity index (χ3v) is 4.65. The normalized spacial score (nSPS) is 21.5.